The molecule has 0 aromatic rings. The minimum absolute atomic E-state index is 0. The molecule has 2 unspecified atom stereocenters. The number of ether oxygens (including phenoxy) is 1. The second-order valence-electron chi connectivity index (χ2n) is 2.18. The summed E-state index contributed by atoms with van der Waals surface area (Å²) in [5.74, 6) is 0. The van der Waals surface area contributed by atoms with Gasteiger partial charge in [-0.15, -0.1) is 0 Å². The summed E-state index contributed by atoms with van der Waals surface area (Å²) in [5.41, 5.74) is 0. The molecule has 10 heavy (non-hydrogen) atoms. The van der Waals surface area contributed by atoms with E-state index in [1.807, 2.05) is 0 Å². The van der Waals surface area contributed by atoms with E-state index in [4.69, 9.17) is 14.9 Å². The second kappa shape index (κ2) is 6.95. The number of rotatable bonds is 4. The van der Waals surface area contributed by atoms with Crippen molar-refractivity contribution in [3.05, 3.63) is 0 Å². The zero-order valence-corrected chi connectivity index (χ0v) is 6.58. The first-order valence-corrected chi connectivity index (χ1v) is 3.07. The van der Waals surface area contributed by atoms with E-state index in [1.165, 1.54) is 0 Å². The highest BCUT2D eigenvalue weighted by atomic mass is 16.5. The fraction of sp³-hybridized carbons (Fsp3) is 1.00. The van der Waals surface area contributed by atoms with E-state index in [1.54, 1.807) is 13.8 Å². The predicted octanol–water partition coefficient (Wildman–Crippen LogP) is -0.0734. The van der Waals surface area contributed by atoms with Gasteiger partial charge in [-0.1, -0.05) is 0 Å². The molecular formula is C6H17NO3. The highest BCUT2D eigenvalue weighted by molar-refractivity contribution is 4.47. The molecule has 0 aliphatic carbocycles. The van der Waals surface area contributed by atoms with Crippen molar-refractivity contribution in [3.63, 3.8) is 0 Å². The Hall–Kier alpha value is -0.160. The lowest BCUT2D eigenvalue weighted by Gasteiger charge is -2.10. The average Bonchev–Trinajstić information content (AvgIpc) is 1.83. The van der Waals surface area contributed by atoms with Crippen LogP contribution in [0.2, 0.25) is 0 Å². The van der Waals surface area contributed by atoms with Crippen molar-refractivity contribution >= 4 is 0 Å². The number of hydrogen-bond acceptors (Lipinski definition) is 4. The van der Waals surface area contributed by atoms with E-state index in [0.29, 0.717) is 6.61 Å². The molecule has 0 fully saturated rings. The quantitative estimate of drug-likeness (QED) is 0.525. The molecule has 4 heteroatoms. The van der Waals surface area contributed by atoms with Crippen LogP contribution >= 0.6 is 0 Å². The van der Waals surface area contributed by atoms with Gasteiger partial charge in [0.15, 0.2) is 0 Å². The Morgan fingerprint density at radius 2 is 1.90 bits per heavy atom. The minimum atomic E-state index is -0.445. The molecular weight excluding hydrogens is 134 g/mol. The third-order valence-corrected chi connectivity index (χ3v) is 0.879. The molecule has 0 aliphatic heterocycles. The van der Waals surface area contributed by atoms with Crippen LogP contribution in [0.15, 0.2) is 0 Å². The van der Waals surface area contributed by atoms with Crippen molar-refractivity contribution in [2.45, 2.75) is 26.1 Å². The molecule has 4 nitrogen and oxygen atoms in total. The van der Waals surface area contributed by atoms with E-state index in [-0.39, 0.29) is 18.9 Å². The van der Waals surface area contributed by atoms with Crippen molar-refractivity contribution < 1.29 is 14.9 Å². The molecule has 0 spiro atoms. The van der Waals surface area contributed by atoms with Gasteiger partial charge >= 0.3 is 0 Å². The Balaban J connectivity index is 0. The van der Waals surface area contributed by atoms with Crippen LogP contribution in [0, 0.1) is 0 Å². The lowest BCUT2D eigenvalue weighted by molar-refractivity contribution is -0.0177. The van der Waals surface area contributed by atoms with Crippen LogP contribution in [0.25, 0.3) is 0 Å². The molecule has 0 heterocycles. The zero-order valence-electron chi connectivity index (χ0n) is 6.58. The number of aliphatic hydroxyl groups is 2. The third kappa shape index (κ3) is 7.84. The summed E-state index contributed by atoms with van der Waals surface area (Å²) in [4.78, 5) is 0. The van der Waals surface area contributed by atoms with Crippen LogP contribution in [-0.4, -0.2) is 35.6 Å². The van der Waals surface area contributed by atoms with E-state index in [0.717, 1.165) is 0 Å². The maximum absolute atomic E-state index is 8.69. The van der Waals surface area contributed by atoms with Crippen molar-refractivity contribution in [2.75, 3.05) is 13.2 Å². The summed E-state index contributed by atoms with van der Waals surface area (Å²) in [5, 5.41) is 17.1. The SMILES string of the molecule is CC(O)COC(C)CO.N. The van der Waals surface area contributed by atoms with Gasteiger partial charge in [-0.2, -0.15) is 0 Å². The maximum atomic E-state index is 8.69. The first kappa shape index (κ1) is 12.5. The van der Waals surface area contributed by atoms with Gasteiger partial charge in [0.25, 0.3) is 0 Å². The fourth-order valence-corrected chi connectivity index (χ4v) is 0.356. The van der Waals surface area contributed by atoms with Crippen molar-refractivity contribution in [3.8, 4) is 0 Å². The molecule has 64 valence electrons. The summed E-state index contributed by atoms with van der Waals surface area (Å²) >= 11 is 0. The molecule has 0 aliphatic rings. The molecule has 0 aromatic heterocycles. The van der Waals surface area contributed by atoms with Gasteiger partial charge < -0.3 is 21.1 Å². The first-order chi connectivity index (χ1) is 4.16. The lowest BCUT2D eigenvalue weighted by atomic mass is 10.4. The predicted molar refractivity (Wildman–Crippen MR) is 39.2 cm³/mol. The van der Waals surface area contributed by atoms with Gasteiger partial charge in [0.1, 0.15) is 0 Å². The van der Waals surface area contributed by atoms with Crippen LogP contribution in [0.4, 0.5) is 0 Å². The summed E-state index contributed by atoms with van der Waals surface area (Å²) in [6, 6.07) is 0. The Morgan fingerprint density at radius 1 is 1.40 bits per heavy atom. The molecule has 0 bridgehead atoms. The molecule has 0 saturated heterocycles. The summed E-state index contributed by atoms with van der Waals surface area (Å²) < 4.78 is 4.95. The summed E-state index contributed by atoms with van der Waals surface area (Å²) in [7, 11) is 0. The van der Waals surface area contributed by atoms with Gasteiger partial charge in [0, 0.05) is 0 Å². The fourth-order valence-electron chi connectivity index (χ4n) is 0.356. The summed E-state index contributed by atoms with van der Waals surface area (Å²) in [6.45, 7) is 3.70. The van der Waals surface area contributed by atoms with Gasteiger partial charge in [-0.3, -0.25) is 0 Å². The maximum Gasteiger partial charge on any atom is 0.0779 e. The smallest absolute Gasteiger partial charge is 0.0779 e. The molecule has 0 radical (unpaired) electrons. The number of aliphatic hydroxyl groups excluding tert-OH is 2. The lowest BCUT2D eigenvalue weighted by Crippen LogP contribution is -2.19. The van der Waals surface area contributed by atoms with E-state index >= 15 is 0 Å². The number of hydrogen-bond donors (Lipinski definition) is 3. The van der Waals surface area contributed by atoms with E-state index < -0.39 is 6.10 Å². The van der Waals surface area contributed by atoms with Crippen LogP contribution in [-0.2, 0) is 4.74 Å². The van der Waals surface area contributed by atoms with Crippen LogP contribution in [0.1, 0.15) is 13.8 Å². The van der Waals surface area contributed by atoms with Crippen molar-refractivity contribution in [1.29, 1.82) is 0 Å². The molecule has 0 aromatic carbocycles. The molecule has 2 atom stereocenters. The highest BCUT2D eigenvalue weighted by Gasteiger charge is 2.00. The van der Waals surface area contributed by atoms with E-state index in [2.05, 4.69) is 0 Å². The van der Waals surface area contributed by atoms with Gasteiger partial charge in [0.2, 0.25) is 0 Å². The van der Waals surface area contributed by atoms with Gasteiger partial charge in [-0.25, -0.2) is 0 Å². The van der Waals surface area contributed by atoms with Gasteiger partial charge in [-0.05, 0) is 13.8 Å². The van der Waals surface area contributed by atoms with E-state index in [9.17, 15) is 0 Å². The normalized spacial score (nSPS) is 15.6. The Labute approximate surface area is 61.4 Å². The second-order valence-corrected chi connectivity index (χ2v) is 2.18. The molecule has 0 amide bonds. The Kier molecular flexibility index (Phi) is 8.70. The standard InChI is InChI=1S/C6H14O3.H3N/c1-5(8)4-9-6(2)3-7;/h5-8H,3-4H2,1-2H3;1H3. The monoisotopic (exact) mass is 151 g/mol. The highest BCUT2D eigenvalue weighted by Crippen LogP contribution is 1.90. The topological polar surface area (TPSA) is 84.7 Å². The molecule has 0 saturated carbocycles. The first-order valence-electron chi connectivity index (χ1n) is 3.07. The Morgan fingerprint density at radius 3 is 2.20 bits per heavy atom. The summed E-state index contributed by atoms with van der Waals surface area (Å²) in [6.07, 6.45) is -0.612. The van der Waals surface area contributed by atoms with Crippen molar-refractivity contribution in [2.24, 2.45) is 0 Å². The average molecular weight is 151 g/mol. The largest absolute Gasteiger partial charge is 0.394 e. The van der Waals surface area contributed by atoms with Crippen LogP contribution in [0.5, 0.6) is 0 Å². The van der Waals surface area contributed by atoms with Crippen molar-refractivity contribution in [1.82, 2.24) is 6.15 Å². The zero-order chi connectivity index (χ0) is 7.28. The minimum Gasteiger partial charge on any atom is -0.394 e. The van der Waals surface area contributed by atoms with Crippen LogP contribution < -0.4 is 6.15 Å². The van der Waals surface area contributed by atoms with Gasteiger partial charge in [0.05, 0.1) is 25.4 Å². The third-order valence-electron chi connectivity index (χ3n) is 0.879. The van der Waals surface area contributed by atoms with Crippen LogP contribution in [0.3, 0.4) is 0 Å². The molecule has 0 rings (SSSR count). The molecule has 5 N–H and O–H groups in total. The Bertz CT molecular complexity index is 68.0.